The van der Waals surface area contributed by atoms with Crippen LogP contribution < -0.4 is 0 Å². The van der Waals surface area contributed by atoms with Gasteiger partial charge in [0.05, 0.1) is 17.8 Å². The van der Waals surface area contributed by atoms with E-state index >= 15 is 0 Å². The highest BCUT2D eigenvalue weighted by Crippen LogP contribution is 2.39. The first kappa shape index (κ1) is 24.8. The summed E-state index contributed by atoms with van der Waals surface area (Å²) in [6.07, 6.45) is -2.77. The second-order valence-corrected chi connectivity index (χ2v) is 9.26. The molecule has 3 nitrogen and oxygen atoms in total. The molecule has 2 aromatic heterocycles. The van der Waals surface area contributed by atoms with Crippen molar-refractivity contribution in [2.24, 2.45) is 0 Å². The summed E-state index contributed by atoms with van der Waals surface area (Å²) in [4.78, 5) is 0. The van der Waals surface area contributed by atoms with E-state index in [4.69, 9.17) is 0 Å². The lowest BCUT2D eigenvalue weighted by Gasteiger charge is -2.11. The molecule has 0 N–H and O–H groups in total. The molecular weight excluding hydrogens is 516 g/mol. The molecule has 0 aliphatic rings. The molecule has 0 unspecified atom stereocenters. The Balaban J connectivity index is 1.51. The maximum Gasteiger partial charge on any atom is 0.418 e. The summed E-state index contributed by atoms with van der Waals surface area (Å²) in [5, 5.41) is 5.17. The van der Waals surface area contributed by atoms with E-state index in [1.54, 1.807) is 12.1 Å². The normalized spacial score (nSPS) is 12.1. The Bertz CT molecular complexity index is 1810. The highest BCUT2D eigenvalue weighted by molar-refractivity contribution is 5.97. The van der Waals surface area contributed by atoms with Gasteiger partial charge in [0.1, 0.15) is 23.0 Å². The first-order chi connectivity index (χ1) is 18.7. The molecule has 0 amide bonds. The second kappa shape index (κ2) is 9.34. The molecule has 0 radical (unpaired) electrons. The van der Waals surface area contributed by atoms with Gasteiger partial charge in [0.25, 0.3) is 0 Å². The smallest absolute Gasteiger partial charge is 0.343 e. The van der Waals surface area contributed by atoms with E-state index in [2.05, 4.69) is 9.67 Å². The summed E-state index contributed by atoms with van der Waals surface area (Å²) in [5.41, 5.74) is 0.978. The van der Waals surface area contributed by atoms with Gasteiger partial charge in [0.2, 0.25) is 0 Å². The summed E-state index contributed by atoms with van der Waals surface area (Å²) in [6, 6.07) is 21.9. The maximum atomic E-state index is 14.5. The molecule has 0 spiro atoms. The molecule has 39 heavy (non-hydrogen) atoms. The Morgan fingerprint density at radius 2 is 1.49 bits per heavy atom. The van der Waals surface area contributed by atoms with Crippen LogP contribution in [0.3, 0.4) is 0 Å². The van der Waals surface area contributed by atoms with Gasteiger partial charge in [-0.1, -0.05) is 48.5 Å². The van der Waals surface area contributed by atoms with Gasteiger partial charge in [0.15, 0.2) is 0 Å². The molecule has 0 atom stereocenters. The first-order valence-electron chi connectivity index (χ1n) is 12.0. The summed E-state index contributed by atoms with van der Waals surface area (Å²) in [6.45, 7) is 0.0922. The number of hydrogen-bond acceptors (Lipinski definition) is 1. The quantitative estimate of drug-likeness (QED) is 0.204. The molecule has 0 saturated heterocycles. The van der Waals surface area contributed by atoms with Crippen LogP contribution >= 0.6 is 0 Å². The van der Waals surface area contributed by atoms with Crippen molar-refractivity contribution in [2.45, 2.75) is 19.3 Å². The van der Waals surface area contributed by atoms with Gasteiger partial charge in [-0.15, -0.1) is 0 Å². The van der Waals surface area contributed by atoms with Crippen molar-refractivity contribution in [1.82, 2.24) is 14.3 Å². The van der Waals surface area contributed by atoms with Crippen LogP contribution in [0.15, 0.2) is 91.1 Å². The summed E-state index contributed by atoms with van der Waals surface area (Å²) < 4.78 is 87.3. The van der Waals surface area contributed by atoms with Gasteiger partial charge >= 0.3 is 6.18 Å². The molecule has 0 aliphatic heterocycles. The van der Waals surface area contributed by atoms with Crippen LogP contribution in [0, 0.1) is 17.5 Å². The van der Waals surface area contributed by atoms with Crippen molar-refractivity contribution in [2.75, 3.05) is 0 Å². The molecule has 196 valence electrons. The van der Waals surface area contributed by atoms with Crippen LogP contribution in [0.25, 0.3) is 33.1 Å². The Hall–Kier alpha value is -4.53. The minimum Gasteiger partial charge on any atom is -0.343 e. The van der Waals surface area contributed by atoms with E-state index in [1.165, 1.54) is 12.1 Å². The van der Waals surface area contributed by atoms with Crippen molar-refractivity contribution < 1.29 is 26.3 Å². The fraction of sp³-hybridized carbons (Fsp3) is 0.100. The number of rotatable bonds is 5. The second-order valence-electron chi connectivity index (χ2n) is 9.26. The topological polar surface area (TPSA) is 22.8 Å². The van der Waals surface area contributed by atoms with Gasteiger partial charge in [-0.2, -0.15) is 18.3 Å². The van der Waals surface area contributed by atoms with Gasteiger partial charge in [-0.25, -0.2) is 13.2 Å². The summed E-state index contributed by atoms with van der Waals surface area (Å²) >= 11 is 0. The number of hydrogen-bond donors (Lipinski definition) is 0. The molecule has 6 aromatic rings. The Labute approximate surface area is 218 Å². The van der Waals surface area contributed by atoms with E-state index < -0.39 is 41.3 Å². The zero-order valence-electron chi connectivity index (χ0n) is 20.2. The molecule has 0 fully saturated rings. The first-order valence-corrected chi connectivity index (χ1v) is 12.0. The number of benzene rings is 4. The van der Waals surface area contributed by atoms with Crippen molar-refractivity contribution in [1.29, 1.82) is 0 Å². The minimum atomic E-state index is -4.69. The molecule has 0 aliphatic carbocycles. The average molecular weight is 535 g/mol. The van der Waals surface area contributed by atoms with Crippen molar-refractivity contribution in [3.05, 3.63) is 125 Å². The Kier molecular flexibility index (Phi) is 5.94. The lowest BCUT2D eigenvalue weighted by Crippen LogP contribution is -2.09. The van der Waals surface area contributed by atoms with Crippen molar-refractivity contribution in [3.8, 4) is 11.3 Å². The number of fused-ring (bicyclic) bond motifs is 2. The third kappa shape index (κ3) is 4.54. The molecular formula is C30H19F6N3. The number of aromatic nitrogens is 3. The van der Waals surface area contributed by atoms with Crippen LogP contribution in [0.2, 0.25) is 0 Å². The van der Waals surface area contributed by atoms with Crippen LogP contribution in [0.4, 0.5) is 26.3 Å². The van der Waals surface area contributed by atoms with E-state index in [0.29, 0.717) is 24.2 Å². The number of nitrogens with zero attached hydrogens (tertiary/aromatic N) is 3. The predicted molar refractivity (Wildman–Crippen MR) is 137 cm³/mol. The maximum absolute atomic E-state index is 14.5. The van der Waals surface area contributed by atoms with Crippen LogP contribution in [0.5, 0.6) is 0 Å². The molecule has 0 saturated carbocycles. The number of halogens is 6. The zero-order chi connectivity index (χ0) is 27.3. The highest BCUT2D eigenvalue weighted by Gasteiger charge is 2.34. The lowest BCUT2D eigenvalue weighted by molar-refractivity contribution is -0.136. The largest absolute Gasteiger partial charge is 0.418 e. The Morgan fingerprint density at radius 1 is 0.744 bits per heavy atom. The van der Waals surface area contributed by atoms with E-state index in [1.807, 2.05) is 48.7 Å². The van der Waals surface area contributed by atoms with Gasteiger partial charge in [0, 0.05) is 52.3 Å². The van der Waals surface area contributed by atoms with Crippen LogP contribution in [-0.4, -0.2) is 14.3 Å². The highest BCUT2D eigenvalue weighted by atomic mass is 19.4. The fourth-order valence-electron chi connectivity index (χ4n) is 4.94. The van der Waals surface area contributed by atoms with Crippen LogP contribution in [0.1, 0.15) is 16.7 Å². The van der Waals surface area contributed by atoms with E-state index in [0.717, 1.165) is 27.2 Å². The SMILES string of the molecule is Fc1cc(F)c(Cn2nc3c(C(F)(F)F)cccc3c2-c2ccc3c(ccn3Cc3ccccc3)c2)c(F)c1. The van der Waals surface area contributed by atoms with Crippen molar-refractivity contribution in [3.63, 3.8) is 0 Å². The van der Waals surface area contributed by atoms with E-state index in [9.17, 15) is 26.3 Å². The number of alkyl halides is 3. The lowest BCUT2D eigenvalue weighted by atomic mass is 10.0. The minimum absolute atomic E-state index is 0.177. The molecule has 4 aromatic carbocycles. The summed E-state index contributed by atoms with van der Waals surface area (Å²) in [7, 11) is 0. The van der Waals surface area contributed by atoms with Crippen molar-refractivity contribution >= 4 is 21.8 Å². The van der Waals surface area contributed by atoms with Crippen LogP contribution in [-0.2, 0) is 19.3 Å². The van der Waals surface area contributed by atoms with Gasteiger partial charge < -0.3 is 4.57 Å². The third-order valence-electron chi connectivity index (χ3n) is 6.73. The van der Waals surface area contributed by atoms with Gasteiger partial charge in [-0.3, -0.25) is 4.68 Å². The molecule has 0 bridgehead atoms. The molecule has 6 rings (SSSR count). The standard InChI is InChI=1S/C30H19F6N3/c31-21-14-25(32)23(26(33)15-21)17-39-29(22-7-4-8-24(28(22)37-39)30(34,35)36)20-9-10-27-19(13-20)11-12-38(27)16-18-5-2-1-3-6-18/h1-15H,16-17H2. The fourth-order valence-corrected chi connectivity index (χ4v) is 4.94. The summed E-state index contributed by atoms with van der Waals surface area (Å²) in [5.74, 6) is -3.39. The zero-order valence-corrected chi connectivity index (χ0v) is 20.2. The third-order valence-corrected chi connectivity index (χ3v) is 6.73. The monoisotopic (exact) mass is 535 g/mol. The average Bonchev–Trinajstić information content (AvgIpc) is 3.46. The Morgan fingerprint density at radius 3 is 2.21 bits per heavy atom. The van der Waals surface area contributed by atoms with Gasteiger partial charge in [-0.05, 0) is 29.8 Å². The molecule has 2 heterocycles. The van der Waals surface area contributed by atoms with E-state index in [-0.39, 0.29) is 16.6 Å². The predicted octanol–water partition coefficient (Wildman–Crippen LogP) is 8.19. The molecule has 9 heteroatoms.